The second kappa shape index (κ2) is 8.52. The Morgan fingerprint density at radius 3 is 1.22 bits per heavy atom. The Hall–Kier alpha value is -4.17. The van der Waals surface area contributed by atoms with E-state index in [1.165, 1.54) is 0 Å². The van der Waals surface area contributed by atoms with Crippen molar-refractivity contribution in [1.29, 1.82) is 0 Å². The van der Waals surface area contributed by atoms with E-state index in [0.29, 0.717) is 0 Å². The summed E-state index contributed by atoms with van der Waals surface area (Å²) in [6.45, 7) is 0. The SMILES string of the molecule is Cn1c(-c2ccccc2)c(-c2ccccc2)c(-c2ccccc2)c(-c2ccccc2)c1=O. The molecule has 0 amide bonds. The molecule has 4 aromatic carbocycles. The lowest BCUT2D eigenvalue weighted by atomic mass is 9.85. The number of pyridine rings is 1. The third-order valence-corrected chi connectivity index (χ3v) is 5.83. The van der Waals surface area contributed by atoms with Gasteiger partial charge in [-0.25, -0.2) is 0 Å². The summed E-state index contributed by atoms with van der Waals surface area (Å²) < 4.78 is 1.80. The van der Waals surface area contributed by atoms with Gasteiger partial charge in [-0.1, -0.05) is 121 Å². The minimum Gasteiger partial charge on any atom is -0.310 e. The molecule has 0 aliphatic rings. The largest absolute Gasteiger partial charge is 0.310 e. The number of benzene rings is 4. The van der Waals surface area contributed by atoms with Gasteiger partial charge >= 0.3 is 0 Å². The molecule has 2 heteroatoms. The summed E-state index contributed by atoms with van der Waals surface area (Å²) in [6, 6.07) is 40.7. The van der Waals surface area contributed by atoms with Crippen LogP contribution >= 0.6 is 0 Å². The molecular weight excluding hydrogens is 390 g/mol. The third-order valence-electron chi connectivity index (χ3n) is 5.83. The van der Waals surface area contributed by atoms with E-state index in [1.54, 1.807) is 4.57 Å². The molecule has 154 valence electrons. The molecule has 0 saturated carbocycles. The van der Waals surface area contributed by atoms with Crippen LogP contribution in [0.3, 0.4) is 0 Å². The predicted molar refractivity (Wildman–Crippen MR) is 133 cm³/mol. The van der Waals surface area contributed by atoms with Crippen LogP contribution in [-0.2, 0) is 7.05 Å². The summed E-state index contributed by atoms with van der Waals surface area (Å²) in [7, 11) is 1.87. The van der Waals surface area contributed by atoms with Crippen LogP contribution in [0.2, 0.25) is 0 Å². The van der Waals surface area contributed by atoms with Crippen molar-refractivity contribution in [2.45, 2.75) is 0 Å². The molecule has 0 unspecified atom stereocenters. The molecule has 5 aromatic rings. The Labute approximate surface area is 188 Å². The molecule has 32 heavy (non-hydrogen) atoms. The molecule has 0 spiro atoms. The van der Waals surface area contributed by atoms with Crippen LogP contribution in [0.15, 0.2) is 126 Å². The minimum atomic E-state index is -0.00594. The summed E-state index contributed by atoms with van der Waals surface area (Å²) in [5.74, 6) is 0. The monoisotopic (exact) mass is 413 g/mol. The van der Waals surface area contributed by atoms with Gasteiger partial charge in [-0.2, -0.15) is 0 Å². The third kappa shape index (κ3) is 3.46. The highest BCUT2D eigenvalue weighted by molar-refractivity contribution is 6.00. The zero-order valence-electron chi connectivity index (χ0n) is 17.9. The highest BCUT2D eigenvalue weighted by Crippen LogP contribution is 2.43. The molecule has 0 aliphatic carbocycles. The van der Waals surface area contributed by atoms with Crippen LogP contribution < -0.4 is 5.56 Å². The van der Waals surface area contributed by atoms with E-state index >= 15 is 0 Å². The van der Waals surface area contributed by atoms with Crippen molar-refractivity contribution >= 4 is 0 Å². The molecule has 2 nitrogen and oxygen atoms in total. The first-order chi connectivity index (χ1) is 15.8. The van der Waals surface area contributed by atoms with E-state index in [9.17, 15) is 4.79 Å². The van der Waals surface area contributed by atoms with Gasteiger partial charge in [0.25, 0.3) is 5.56 Å². The van der Waals surface area contributed by atoms with Crippen molar-refractivity contribution in [2.24, 2.45) is 7.05 Å². The fourth-order valence-corrected chi connectivity index (χ4v) is 4.37. The fraction of sp³-hybridized carbons (Fsp3) is 0.0333. The first kappa shape index (κ1) is 19.8. The average Bonchev–Trinajstić information content (AvgIpc) is 2.87. The molecule has 0 radical (unpaired) electrons. The molecule has 0 bridgehead atoms. The lowest BCUT2D eigenvalue weighted by Crippen LogP contribution is -2.23. The van der Waals surface area contributed by atoms with Crippen molar-refractivity contribution in [2.75, 3.05) is 0 Å². The van der Waals surface area contributed by atoms with Crippen molar-refractivity contribution in [3.63, 3.8) is 0 Å². The summed E-state index contributed by atoms with van der Waals surface area (Å²) in [4.78, 5) is 13.9. The maximum Gasteiger partial charge on any atom is 0.259 e. The lowest BCUT2D eigenvalue weighted by molar-refractivity contribution is 0.876. The van der Waals surface area contributed by atoms with E-state index in [1.807, 2.05) is 92.0 Å². The summed E-state index contributed by atoms with van der Waals surface area (Å²) in [6.07, 6.45) is 0. The summed E-state index contributed by atoms with van der Waals surface area (Å²) in [5.41, 5.74) is 7.70. The molecule has 5 rings (SSSR count). The Kier molecular flexibility index (Phi) is 5.27. The summed E-state index contributed by atoms with van der Waals surface area (Å²) >= 11 is 0. The van der Waals surface area contributed by atoms with E-state index in [4.69, 9.17) is 0 Å². The quantitative estimate of drug-likeness (QED) is 0.309. The van der Waals surface area contributed by atoms with Crippen LogP contribution in [0, 0.1) is 0 Å². The normalized spacial score (nSPS) is 10.8. The van der Waals surface area contributed by atoms with Gasteiger partial charge in [0.1, 0.15) is 0 Å². The van der Waals surface area contributed by atoms with Crippen LogP contribution in [0.5, 0.6) is 0 Å². The van der Waals surface area contributed by atoms with Gasteiger partial charge in [-0.05, 0) is 22.3 Å². The van der Waals surface area contributed by atoms with E-state index < -0.39 is 0 Å². The van der Waals surface area contributed by atoms with Gasteiger partial charge in [0.2, 0.25) is 0 Å². The van der Waals surface area contributed by atoms with E-state index in [-0.39, 0.29) is 5.56 Å². The first-order valence-corrected chi connectivity index (χ1v) is 10.7. The van der Waals surface area contributed by atoms with Gasteiger partial charge in [0.05, 0.1) is 11.3 Å². The van der Waals surface area contributed by atoms with Gasteiger partial charge in [-0.15, -0.1) is 0 Å². The molecule has 0 aliphatic heterocycles. The van der Waals surface area contributed by atoms with Crippen LogP contribution in [0.4, 0.5) is 0 Å². The smallest absolute Gasteiger partial charge is 0.259 e. The second-order valence-electron chi connectivity index (χ2n) is 7.80. The molecule has 0 atom stereocenters. The maximum atomic E-state index is 13.9. The zero-order valence-corrected chi connectivity index (χ0v) is 17.9. The predicted octanol–water partition coefficient (Wildman–Crippen LogP) is 7.05. The van der Waals surface area contributed by atoms with Crippen molar-refractivity contribution in [1.82, 2.24) is 4.57 Å². The number of hydrogen-bond acceptors (Lipinski definition) is 1. The molecule has 0 N–H and O–H groups in total. The Morgan fingerprint density at radius 2 is 0.781 bits per heavy atom. The average molecular weight is 414 g/mol. The molecule has 1 aromatic heterocycles. The summed E-state index contributed by atoms with van der Waals surface area (Å²) in [5, 5.41) is 0. The van der Waals surface area contributed by atoms with E-state index in [0.717, 1.165) is 44.6 Å². The highest BCUT2D eigenvalue weighted by atomic mass is 16.1. The number of aromatic nitrogens is 1. The van der Waals surface area contributed by atoms with Crippen LogP contribution in [0.1, 0.15) is 0 Å². The first-order valence-electron chi connectivity index (χ1n) is 10.7. The number of hydrogen-bond donors (Lipinski definition) is 0. The zero-order chi connectivity index (χ0) is 21.9. The van der Waals surface area contributed by atoms with Gasteiger partial charge < -0.3 is 4.57 Å². The van der Waals surface area contributed by atoms with Crippen LogP contribution in [0.25, 0.3) is 44.6 Å². The second-order valence-corrected chi connectivity index (χ2v) is 7.80. The van der Waals surface area contributed by atoms with Crippen LogP contribution in [-0.4, -0.2) is 4.57 Å². The lowest BCUT2D eigenvalue weighted by Gasteiger charge is -2.23. The fourth-order valence-electron chi connectivity index (χ4n) is 4.37. The Bertz CT molecular complexity index is 1400. The molecule has 0 saturated heterocycles. The van der Waals surface area contributed by atoms with E-state index in [2.05, 4.69) is 36.4 Å². The van der Waals surface area contributed by atoms with Crippen molar-refractivity contribution < 1.29 is 0 Å². The minimum absolute atomic E-state index is 0.00594. The molecular formula is C30H23NO. The highest BCUT2D eigenvalue weighted by Gasteiger charge is 2.24. The Balaban J connectivity index is 2.02. The topological polar surface area (TPSA) is 22.0 Å². The maximum absolute atomic E-state index is 13.9. The number of rotatable bonds is 4. The number of nitrogens with zero attached hydrogens (tertiary/aromatic N) is 1. The van der Waals surface area contributed by atoms with Gasteiger partial charge in [0.15, 0.2) is 0 Å². The van der Waals surface area contributed by atoms with Gasteiger partial charge in [-0.3, -0.25) is 4.79 Å². The standard InChI is InChI=1S/C30H23NO/c1-31-29(25-20-12-5-13-21-25)27(23-16-8-3-9-17-23)26(22-14-6-2-7-15-22)28(30(31)32)24-18-10-4-11-19-24/h2-21H,1H3. The molecule has 0 fully saturated rings. The van der Waals surface area contributed by atoms with Gasteiger partial charge in [0, 0.05) is 18.2 Å². The molecule has 1 heterocycles. The van der Waals surface area contributed by atoms with Crippen molar-refractivity contribution in [3.05, 3.63) is 132 Å². The van der Waals surface area contributed by atoms with Crippen molar-refractivity contribution in [3.8, 4) is 44.6 Å². The Morgan fingerprint density at radius 1 is 0.438 bits per heavy atom.